The molecule has 0 atom stereocenters. The summed E-state index contributed by atoms with van der Waals surface area (Å²) in [6.45, 7) is 5.76. The van der Waals surface area contributed by atoms with Crippen molar-refractivity contribution < 1.29 is 0 Å². The average Bonchev–Trinajstić information content (AvgIpc) is 2.57. The fraction of sp³-hybridized carbons (Fsp3) is 0.385. The van der Waals surface area contributed by atoms with Gasteiger partial charge in [0.25, 0.3) is 0 Å². The number of hydrogen-bond donors (Lipinski definition) is 1. The van der Waals surface area contributed by atoms with Gasteiger partial charge < -0.3 is 5.32 Å². The second kappa shape index (κ2) is 5.10. The molecule has 0 bridgehead atoms. The Morgan fingerprint density at radius 2 is 2.06 bits per heavy atom. The molecule has 4 nitrogen and oxygen atoms in total. The first-order valence-electron chi connectivity index (χ1n) is 5.78. The minimum atomic E-state index is 0.786. The maximum atomic E-state index is 4.40. The van der Waals surface area contributed by atoms with Crippen molar-refractivity contribution in [3.05, 3.63) is 47.0 Å². The summed E-state index contributed by atoms with van der Waals surface area (Å²) < 4.78 is 1.92. The number of aryl methyl sites for hydroxylation is 2. The molecule has 0 radical (unpaired) electrons. The lowest BCUT2D eigenvalue weighted by atomic mass is 10.2. The zero-order valence-electron chi connectivity index (χ0n) is 10.6. The molecule has 2 aromatic rings. The molecular formula is C13H18N4. The van der Waals surface area contributed by atoms with Crippen LogP contribution in [0.15, 0.2) is 24.4 Å². The first kappa shape index (κ1) is 11.8. The van der Waals surface area contributed by atoms with Crippen molar-refractivity contribution in [2.45, 2.75) is 26.9 Å². The zero-order valence-corrected chi connectivity index (χ0v) is 10.6. The fourth-order valence-electron chi connectivity index (χ4n) is 1.89. The standard InChI is InChI=1S/C13H18N4/c1-10-13(11(2)17(3)16-10)9-14-8-12-6-4-5-7-15-12/h4-7,14H,8-9H2,1-3H3. The van der Waals surface area contributed by atoms with Crippen molar-refractivity contribution in [3.63, 3.8) is 0 Å². The summed E-state index contributed by atoms with van der Waals surface area (Å²) in [5.41, 5.74) is 4.66. The fourth-order valence-corrected chi connectivity index (χ4v) is 1.89. The average molecular weight is 230 g/mol. The van der Waals surface area contributed by atoms with Gasteiger partial charge >= 0.3 is 0 Å². The Labute approximate surface area is 102 Å². The Kier molecular flexibility index (Phi) is 3.54. The predicted octanol–water partition coefficient (Wildman–Crippen LogP) is 1.72. The molecule has 0 fully saturated rings. The molecular weight excluding hydrogens is 212 g/mol. The predicted molar refractivity (Wildman–Crippen MR) is 67.5 cm³/mol. The minimum absolute atomic E-state index is 0.786. The van der Waals surface area contributed by atoms with Gasteiger partial charge in [-0.2, -0.15) is 5.10 Å². The topological polar surface area (TPSA) is 42.7 Å². The maximum absolute atomic E-state index is 4.40. The second-order valence-electron chi connectivity index (χ2n) is 4.20. The van der Waals surface area contributed by atoms with Crippen LogP contribution < -0.4 is 5.32 Å². The van der Waals surface area contributed by atoms with Crippen molar-refractivity contribution in [3.8, 4) is 0 Å². The van der Waals surface area contributed by atoms with Crippen LogP contribution in [-0.4, -0.2) is 14.8 Å². The first-order valence-corrected chi connectivity index (χ1v) is 5.78. The third-order valence-electron chi connectivity index (χ3n) is 2.99. The Morgan fingerprint density at radius 3 is 2.65 bits per heavy atom. The number of nitrogens with zero attached hydrogens (tertiary/aromatic N) is 3. The Morgan fingerprint density at radius 1 is 1.24 bits per heavy atom. The number of pyridine rings is 1. The van der Waals surface area contributed by atoms with Crippen molar-refractivity contribution >= 4 is 0 Å². The highest BCUT2D eigenvalue weighted by atomic mass is 15.3. The smallest absolute Gasteiger partial charge is 0.0641 e. The van der Waals surface area contributed by atoms with Crippen LogP contribution in [0.2, 0.25) is 0 Å². The molecule has 0 saturated heterocycles. The Balaban J connectivity index is 1.95. The highest BCUT2D eigenvalue weighted by molar-refractivity contribution is 5.24. The van der Waals surface area contributed by atoms with Crippen molar-refractivity contribution in [2.75, 3.05) is 0 Å². The van der Waals surface area contributed by atoms with E-state index in [1.807, 2.05) is 43.0 Å². The van der Waals surface area contributed by atoms with Gasteiger partial charge in [0.15, 0.2) is 0 Å². The number of rotatable bonds is 4. The first-order chi connectivity index (χ1) is 8.18. The van der Waals surface area contributed by atoms with E-state index in [1.165, 1.54) is 11.3 Å². The van der Waals surface area contributed by atoms with E-state index in [4.69, 9.17) is 0 Å². The number of aromatic nitrogens is 3. The molecule has 0 aliphatic carbocycles. The molecule has 2 aromatic heterocycles. The summed E-state index contributed by atoms with van der Waals surface area (Å²) in [6, 6.07) is 5.96. The molecule has 90 valence electrons. The monoisotopic (exact) mass is 230 g/mol. The lowest BCUT2D eigenvalue weighted by molar-refractivity contribution is 0.672. The van der Waals surface area contributed by atoms with E-state index in [0.29, 0.717) is 0 Å². The van der Waals surface area contributed by atoms with Gasteiger partial charge in [0.05, 0.1) is 11.4 Å². The SMILES string of the molecule is Cc1nn(C)c(C)c1CNCc1ccccn1. The summed E-state index contributed by atoms with van der Waals surface area (Å²) >= 11 is 0. The summed E-state index contributed by atoms with van der Waals surface area (Å²) in [7, 11) is 1.98. The summed E-state index contributed by atoms with van der Waals surface area (Å²) in [4.78, 5) is 4.28. The van der Waals surface area contributed by atoms with Crippen LogP contribution >= 0.6 is 0 Å². The molecule has 2 heterocycles. The van der Waals surface area contributed by atoms with Gasteiger partial charge in [-0.1, -0.05) is 6.07 Å². The molecule has 0 saturated carbocycles. The van der Waals surface area contributed by atoms with Gasteiger partial charge in [-0.25, -0.2) is 0 Å². The van der Waals surface area contributed by atoms with Crippen molar-refractivity contribution in [2.24, 2.45) is 7.05 Å². The highest BCUT2D eigenvalue weighted by Gasteiger charge is 2.08. The molecule has 17 heavy (non-hydrogen) atoms. The lowest BCUT2D eigenvalue weighted by Crippen LogP contribution is -2.14. The van der Waals surface area contributed by atoms with Crippen LogP contribution in [0, 0.1) is 13.8 Å². The van der Waals surface area contributed by atoms with Gasteiger partial charge in [0, 0.05) is 37.6 Å². The van der Waals surface area contributed by atoms with Crippen LogP contribution in [0.3, 0.4) is 0 Å². The number of nitrogens with one attached hydrogen (secondary N) is 1. The molecule has 0 aliphatic rings. The van der Waals surface area contributed by atoms with Gasteiger partial charge in [-0.15, -0.1) is 0 Å². The largest absolute Gasteiger partial charge is 0.307 e. The molecule has 0 unspecified atom stereocenters. The molecule has 0 spiro atoms. The zero-order chi connectivity index (χ0) is 12.3. The van der Waals surface area contributed by atoms with E-state index < -0.39 is 0 Å². The lowest BCUT2D eigenvalue weighted by Gasteiger charge is -2.04. The molecule has 2 rings (SSSR count). The van der Waals surface area contributed by atoms with E-state index in [1.54, 1.807) is 0 Å². The molecule has 0 aromatic carbocycles. The molecule has 0 amide bonds. The second-order valence-corrected chi connectivity index (χ2v) is 4.20. The third kappa shape index (κ3) is 2.71. The summed E-state index contributed by atoms with van der Waals surface area (Å²) in [6.07, 6.45) is 1.82. The van der Waals surface area contributed by atoms with Crippen LogP contribution in [-0.2, 0) is 20.1 Å². The Bertz CT molecular complexity index is 488. The van der Waals surface area contributed by atoms with Gasteiger partial charge in [0.2, 0.25) is 0 Å². The number of hydrogen-bond acceptors (Lipinski definition) is 3. The van der Waals surface area contributed by atoms with Crippen LogP contribution in [0.5, 0.6) is 0 Å². The normalized spacial score (nSPS) is 10.8. The van der Waals surface area contributed by atoms with Crippen LogP contribution in [0.1, 0.15) is 22.6 Å². The van der Waals surface area contributed by atoms with E-state index in [-0.39, 0.29) is 0 Å². The van der Waals surface area contributed by atoms with Gasteiger partial charge in [-0.3, -0.25) is 9.67 Å². The quantitative estimate of drug-likeness (QED) is 0.869. The molecule has 4 heteroatoms. The Hall–Kier alpha value is -1.68. The van der Waals surface area contributed by atoms with E-state index in [2.05, 4.69) is 22.3 Å². The van der Waals surface area contributed by atoms with E-state index >= 15 is 0 Å². The summed E-state index contributed by atoms with van der Waals surface area (Å²) in [5.74, 6) is 0. The highest BCUT2D eigenvalue weighted by Crippen LogP contribution is 2.11. The molecule has 1 N–H and O–H groups in total. The molecule has 0 aliphatic heterocycles. The van der Waals surface area contributed by atoms with E-state index in [0.717, 1.165) is 24.5 Å². The maximum Gasteiger partial charge on any atom is 0.0641 e. The van der Waals surface area contributed by atoms with E-state index in [9.17, 15) is 0 Å². The van der Waals surface area contributed by atoms with Crippen molar-refractivity contribution in [1.82, 2.24) is 20.1 Å². The minimum Gasteiger partial charge on any atom is -0.307 e. The van der Waals surface area contributed by atoms with Crippen LogP contribution in [0.25, 0.3) is 0 Å². The van der Waals surface area contributed by atoms with Gasteiger partial charge in [-0.05, 0) is 26.0 Å². The summed E-state index contributed by atoms with van der Waals surface area (Å²) in [5, 5.41) is 7.79. The van der Waals surface area contributed by atoms with Crippen molar-refractivity contribution in [1.29, 1.82) is 0 Å². The van der Waals surface area contributed by atoms with Gasteiger partial charge in [0.1, 0.15) is 0 Å². The third-order valence-corrected chi connectivity index (χ3v) is 2.99. The van der Waals surface area contributed by atoms with Crippen LogP contribution in [0.4, 0.5) is 0 Å².